The average molecular weight is 274 g/mol. The van der Waals surface area contributed by atoms with Crippen molar-refractivity contribution in [2.45, 2.75) is 12.5 Å². The molecule has 0 aliphatic carbocycles. The van der Waals surface area contributed by atoms with Crippen molar-refractivity contribution in [1.82, 2.24) is 0 Å². The van der Waals surface area contributed by atoms with Gasteiger partial charge in [-0.1, -0.05) is 18.2 Å². The lowest BCUT2D eigenvalue weighted by Crippen LogP contribution is -1.94. The monoisotopic (exact) mass is 274 g/mol. The average Bonchev–Trinajstić information content (AvgIpc) is 2.06. The smallest absolute Gasteiger partial charge is 0.0824 e. The van der Waals surface area contributed by atoms with Gasteiger partial charge in [-0.3, -0.25) is 0 Å². The van der Waals surface area contributed by atoms with Gasteiger partial charge < -0.3 is 5.11 Å². The maximum atomic E-state index is 9.54. The Balaban J connectivity index is 2.74. The van der Waals surface area contributed by atoms with Gasteiger partial charge in [0.05, 0.1) is 6.10 Å². The van der Waals surface area contributed by atoms with E-state index in [0.29, 0.717) is 6.42 Å². The number of hydrogen-bond acceptors (Lipinski definition) is 1. The summed E-state index contributed by atoms with van der Waals surface area (Å²) in [6.07, 6.45) is 1.93. The first-order chi connectivity index (χ1) is 5.74. The molecule has 1 atom stereocenters. The van der Waals surface area contributed by atoms with E-state index in [1.165, 1.54) is 3.57 Å². The second-order valence-electron chi connectivity index (χ2n) is 2.59. The molecule has 0 amide bonds. The summed E-state index contributed by atoms with van der Waals surface area (Å²) in [5, 5.41) is 9.54. The Hall–Kier alpha value is -0.350. The maximum absolute atomic E-state index is 9.54. The van der Waals surface area contributed by atoms with Gasteiger partial charge in [0.15, 0.2) is 0 Å². The highest BCUT2D eigenvalue weighted by Crippen LogP contribution is 2.17. The third-order valence-electron chi connectivity index (χ3n) is 1.64. The molecule has 1 rings (SSSR count). The molecule has 0 aliphatic rings. The fourth-order valence-corrected chi connectivity index (χ4v) is 1.34. The van der Waals surface area contributed by atoms with Crippen molar-refractivity contribution in [3.05, 3.63) is 46.1 Å². The fraction of sp³-hybridized carbons (Fsp3) is 0.200. The minimum absolute atomic E-state index is 0.403. The van der Waals surface area contributed by atoms with Crippen LogP contribution in [-0.2, 0) is 0 Å². The first kappa shape index (κ1) is 9.74. The van der Waals surface area contributed by atoms with Crippen molar-refractivity contribution >= 4 is 22.6 Å². The van der Waals surface area contributed by atoms with Gasteiger partial charge in [-0.2, -0.15) is 0 Å². The standard InChI is InChI=1S/C10H11IO/c1-2-3-10(12)8-4-6-9(11)7-5-8/h2,4-7,10,12H,1,3H2. The Morgan fingerprint density at radius 3 is 2.50 bits per heavy atom. The Kier molecular flexibility index (Phi) is 3.75. The highest BCUT2D eigenvalue weighted by Gasteiger charge is 2.03. The molecule has 64 valence electrons. The van der Waals surface area contributed by atoms with E-state index in [-0.39, 0.29) is 0 Å². The van der Waals surface area contributed by atoms with Crippen LogP contribution in [0.15, 0.2) is 36.9 Å². The molecule has 0 radical (unpaired) electrons. The van der Waals surface area contributed by atoms with E-state index in [1.807, 2.05) is 24.3 Å². The summed E-state index contributed by atoms with van der Waals surface area (Å²) in [5.41, 5.74) is 0.954. The minimum Gasteiger partial charge on any atom is -0.388 e. The van der Waals surface area contributed by atoms with Gasteiger partial charge in [-0.05, 0) is 46.7 Å². The van der Waals surface area contributed by atoms with Gasteiger partial charge in [0.2, 0.25) is 0 Å². The van der Waals surface area contributed by atoms with E-state index in [0.717, 1.165) is 5.56 Å². The summed E-state index contributed by atoms with van der Waals surface area (Å²) in [6, 6.07) is 7.86. The van der Waals surface area contributed by atoms with Crippen LogP contribution in [0.3, 0.4) is 0 Å². The predicted octanol–water partition coefficient (Wildman–Crippen LogP) is 2.90. The highest BCUT2D eigenvalue weighted by molar-refractivity contribution is 14.1. The van der Waals surface area contributed by atoms with E-state index in [1.54, 1.807) is 6.08 Å². The second kappa shape index (κ2) is 4.62. The first-order valence-electron chi connectivity index (χ1n) is 3.78. The van der Waals surface area contributed by atoms with Crippen molar-refractivity contribution in [2.75, 3.05) is 0 Å². The Morgan fingerprint density at radius 1 is 1.42 bits per heavy atom. The number of hydrogen-bond donors (Lipinski definition) is 1. The minimum atomic E-state index is -0.403. The molecular formula is C10H11IO. The van der Waals surface area contributed by atoms with Crippen LogP contribution in [0.5, 0.6) is 0 Å². The molecule has 1 N–H and O–H groups in total. The topological polar surface area (TPSA) is 20.2 Å². The van der Waals surface area contributed by atoms with E-state index in [4.69, 9.17) is 0 Å². The molecule has 1 nitrogen and oxygen atoms in total. The number of aliphatic hydroxyl groups is 1. The largest absolute Gasteiger partial charge is 0.388 e. The van der Waals surface area contributed by atoms with E-state index >= 15 is 0 Å². The van der Waals surface area contributed by atoms with Crippen LogP contribution >= 0.6 is 22.6 Å². The van der Waals surface area contributed by atoms with E-state index in [2.05, 4.69) is 29.2 Å². The third-order valence-corrected chi connectivity index (χ3v) is 2.36. The molecule has 2 heteroatoms. The Bertz CT molecular complexity index is 253. The predicted molar refractivity (Wildman–Crippen MR) is 58.9 cm³/mol. The molecule has 12 heavy (non-hydrogen) atoms. The van der Waals surface area contributed by atoms with E-state index < -0.39 is 6.10 Å². The summed E-state index contributed by atoms with van der Waals surface area (Å²) in [7, 11) is 0. The normalized spacial score (nSPS) is 12.5. The third kappa shape index (κ3) is 2.60. The fourth-order valence-electron chi connectivity index (χ4n) is 0.979. The van der Waals surface area contributed by atoms with Crippen molar-refractivity contribution in [1.29, 1.82) is 0 Å². The van der Waals surface area contributed by atoms with E-state index in [9.17, 15) is 5.11 Å². The lowest BCUT2D eigenvalue weighted by atomic mass is 10.1. The Morgan fingerprint density at radius 2 is 2.00 bits per heavy atom. The second-order valence-corrected chi connectivity index (χ2v) is 3.84. The van der Waals surface area contributed by atoms with Crippen molar-refractivity contribution in [2.24, 2.45) is 0 Å². The molecule has 0 saturated carbocycles. The number of rotatable bonds is 3. The van der Waals surface area contributed by atoms with Gasteiger partial charge in [0.25, 0.3) is 0 Å². The molecule has 0 heterocycles. The zero-order valence-corrected chi connectivity index (χ0v) is 8.86. The SMILES string of the molecule is C=CCC(O)c1ccc(I)cc1. The molecular weight excluding hydrogens is 263 g/mol. The number of halogens is 1. The van der Waals surface area contributed by atoms with Crippen LogP contribution in [-0.4, -0.2) is 5.11 Å². The highest BCUT2D eigenvalue weighted by atomic mass is 127. The molecule has 1 unspecified atom stereocenters. The van der Waals surface area contributed by atoms with Gasteiger partial charge >= 0.3 is 0 Å². The zero-order chi connectivity index (χ0) is 8.97. The van der Waals surface area contributed by atoms with Crippen LogP contribution in [0, 0.1) is 3.57 Å². The molecule has 0 bridgehead atoms. The summed E-state index contributed by atoms with van der Waals surface area (Å²) >= 11 is 2.24. The lowest BCUT2D eigenvalue weighted by Gasteiger charge is -2.07. The summed E-state index contributed by atoms with van der Waals surface area (Å²) < 4.78 is 1.18. The molecule has 0 spiro atoms. The Labute approximate surface area is 86.3 Å². The molecule has 0 fully saturated rings. The summed E-state index contributed by atoms with van der Waals surface area (Å²) in [4.78, 5) is 0. The van der Waals surface area contributed by atoms with Crippen LogP contribution in [0.1, 0.15) is 18.1 Å². The quantitative estimate of drug-likeness (QED) is 0.663. The van der Waals surface area contributed by atoms with Crippen LogP contribution in [0.2, 0.25) is 0 Å². The first-order valence-corrected chi connectivity index (χ1v) is 4.86. The number of benzene rings is 1. The summed E-state index contributed by atoms with van der Waals surface area (Å²) in [6.45, 7) is 3.58. The molecule has 1 aromatic carbocycles. The zero-order valence-electron chi connectivity index (χ0n) is 6.70. The van der Waals surface area contributed by atoms with Crippen LogP contribution in [0.4, 0.5) is 0 Å². The van der Waals surface area contributed by atoms with Crippen molar-refractivity contribution in [3.63, 3.8) is 0 Å². The molecule has 0 aromatic heterocycles. The van der Waals surface area contributed by atoms with Crippen molar-refractivity contribution < 1.29 is 5.11 Å². The van der Waals surface area contributed by atoms with Gasteiger partial charge in [0, 0.05) is 3.57 Å². The lowest BCUT2D eigenvalue weighted by molar-refractivity contribution is 0.181. The van der Waals surface area contributed by atoms with Gasteiger partial charge in [-0.15, -0.1) is 6.58 Å². The van der Waals surface area contributed by atoms with Gasteiger partial charge in [-0.25, -0.2) is 0 Å². The maximum Gasteiger partial charge on any atom is 0.0824 e. The molecule has 0 saturated heterocycles. The number of aliphatic hydroxyl groups excluding tert-OH is 1. The molecule has 1 aromatic rings. The van der Waals surface area contributed by atoms with Crippen LogP contribution in [0.25, 0.3) is 0 Å². The van der Waals surface area contributed by atoms with Crippen molar-refractivity contribution in [3.8, 4) is 0 Å². The van der Waals surface area contributed by atoms with Crippen LogP contribution < -0.4 is 0 Å². The molecule has 0 aliphatic heterocycles. The summed E-state index contributed by atoms with van der Waals surface area (Å²) in [5.74, 6) is 0. The van der Waals surface area contributed by atoms with Gasteiger partial charge in [0.1, 0.15) is 0 Å².